The summed E-state index contributed by atoms with van der Waals surface area (Å²) in [7, 11) is 1.56. The molecule has 0 saturated heterocycles. The van der Waals surface area contributed by atoms with Gasteiger partial charge in [-0.05, 0) is 31.2 Å². The molecule has 10 nitrogen and oxygen atoms in total. The third-order valence-electron chi connectivity index (χ3n) is 3.74. The summed E-state index contributed by atoms with van der Waals surface area (Å²) in [6.45, 7) is 1.54. The van der Waals surface area contributed by atoms with Crippen LogP contribution in [0.1, 0.15) is 13.3 Å². The second kappa shape index (κ2) is 7.77. The molecule has 0 radical (unpaired) electrons. The second-order valence-electron chi connectivity index (χ2n) is 5.57. The molecule has 0 saturated carbocycles. The van der Waals surface area contributed by atoms with Crippen molar-refractivity contribution in [3.05, 3.63) is 40.9 Å². The van der Waals surface area contributed by atoms with Crippen LogP contribution in [-0.2, 0) is 20.9 Å². The van der Waals surface area contributed by atoms with E-state index in [1.807, 2.05) is 0 Å². The van der Waals surface area contributed by atoms with Gasteiger partial charge < -0.3 is 9.47 Å². The van der Waals surface area contributed by atoms with Gasteiger partial charge in [0.2, 0.25) is 0 Å². The number of hydrogen-bond acceptors (Lipinski definition) is 8. The third kappa shape index (κ3) is 3.84. The molecule has 0 aliphatic heterocycles. The van der Waals surface area contributed by atoms with Crippen molar-refractivity contribution in [2.24, 2.45) is 0 Å². The van der Waals surface area contributed by atoms with Crippen molar-refractivity contribution in [2.75, 3.05) is 13.7 Å². The average Bonchev–Trinajstić information content (AvgIpc) is 3.09. The highest BCUT2D eigenvalue weighted by Crippen LogP contribution is 2.16. The maximum absolute atomic E-state index is 12.5. The average molecular weight is 371 g/mol. The van der Waals surface area contributed by atoms with Crippen molar-refractivity contribution in [3.8, 4) is 11.4 Å². The Bertz CT molecular complexity index is 1040. The number of aromatic nitrogens is 5. The van der Waals surface area contributed by atoms with Gasteiger partial charge in [0.25, 0.3) is 5.56 Å². The third-order valence-corrected chi connectivity index (χ3v) is 3.74. The normalized spacial score (nSPS) is 10.7. The molecule has 0 aliphatic rings. The lowest BCUT2D eigenvalue weighted by molar-refractivity contribution is -0.145. The standard InChI is InChI=1S/C17H17N5O5/c1-3-27-14(24)8-12(23)9-21-10-18-16-15(17(21)25)19-20-22(16)11-4-6-13(26-2)7-5-11/h4-7,10H,3,8-9H2,1-2H3. The largest absolute Gasteiger partial charge is 0.497 e. The van der Waals surface area contributed by atoms with Crippen molar-refractivity contribution >= 4 is 22.9 Å². The van der Waals surface area contributed by atoms with E-state index in [4.69, 9.17) is 9.47 Å². The lowest BCUT2D eigenvalue weighted by atomic mass is 10.3. The van der Waals surface area contributed by atoms with E-state index in [2.05, 4.69) is 15.3 Å². The van der Waals surface area contributed by atoms with E-state index in [9.17, 15) is 14.4 Å². The molecule has 27 heavy (non-hydrogen) atoms. The molecule has 1 aromatic carbocycles. The number of esters is 1. The van der Waals surface area contributed by atoms with E-state index in [0.717, 1.165) is 4.57 Å². The number of carbonyl (C=O) groups is 2. The summed E-state index contributed by atoms with van der Waals surface area (Å²) < 4.78 is 12.3. The Labute approximate surface area is 153 Å². The Hall–Kier alpha value is -3.56. The van der Waals surface area contributed by atoms with E-state index >= 15 is 0 Å². The molecule has 0 N–H and O–H groups in total. The zero-order valence-corrected chi connectivity index (χ0v) is 14.8. The van der Waals surface area contributed by atoms with E-state index < -0.39 is 23.7 Å². The predicted octanol–water partition coefficient (Wildman–Crippen LogP) is 0.508. The highest BCUT2D eigenvalue weighted by molar-refractivity contribution is 5.95. The summed E-state index contributed by atoms with van der Waals surface area (Å²) in [6.07, 6.45) is 0.827. The maximum atomic E-state index is 12.5. The van der Waals surface area contributed by atoms with E-state index in [1.54, 1.807) is 38.3 Å². The first-order valence-corrected chi connectivity index (χ1v) is 8.16. The molecule has 3 rings (SSSR count). The molecule has 0 aliphatic carbocycles. The molecule has 140 valence electrons. The fourth-order valence-electron chi connectivity index (χ4n) is 2.47. The Morgan fingerprint density at radius 3 is 2.59 bits per heavy atom. The summed E-state index contributed by atoms with van der Waals surface area (Å²) in [5, 5.41) is 7.84. The zero-order valence-electron chi connectivity index (χ0n) is 14.8. The molecule has 0 bridgehead atoms. The highest BCUT2D eigenvalue weighted by atomic mass is 16.5. The Morgan fingerprint density at radius 1 is 1.19 bits per heavy atom. The lowest BCUT2D eigenvalue weighted by Crippen LogP contribution is -2.26. The summed E-state index contributed by atoms with van der Waals surface area (Å²) >= 11 is 0. The van der Waals surface area contributed by atoms with Crippen LogP contribution >= 0.6 is 0 Å². The number of hydrogen-bond donors (Lipinski definition) is 0. The molecule has 0 atom stereocenters. The number of carbonyl (C=O) groups excluding carboxylic acids is 2. The summed E-state index contributed by atoms with van der Waals surface area (Å²) in [4.78, 5) is 40.0. The minimum atomic E-state index is -0.630. The minimum Gasteiger partial charge on any atom is -0.497 e. The zero-order chi connectivity index (χ0) is 19.4. The summed E-state index contributed by atoms with van der Waals surface area (Å²) in [5.74, 6) is -0.409. The van der Waals surface area contributed by atoms with Gasteiger partial charge in [0.05, 0.1) is 25.9 Å². The van der Waals surface area contributed by atoms with Gasteiger partial charge in [0, 0.05) is 0 Å². The van der Waals surface area contributed by atoms with Gasteiger partial charge in [-0.2, -0.15) is 4.68 Å². The molecule has 0 fully saturated rings. The van der Waals surface area contributed by atoms with Crippen molar-refractivity contribution in [1.29, 1.82) is 0 Å². The Morgan fingerprint density at radius 2 is 1.93 bits per heavy atom. The highest BCUT2D eigenvalue weighted by Gasteiger charge is 2.16. The molecule has 0 spiro atoms. The number of Topliss-reactive ketones (excluding diaryl/α,β-unsaturated/α-hetero) is 1. The quantitative estimate of drug-likeness (QED) is 0.435. The van der Waals surface area contributed by atoms with E-state index in [1.165, 1.54) is 11.0 Å². The van der Waals surface area contributed by atoms with Crippen molar-refractivity contribution < 1.29 is 19.1 Å². The van der Waals surface area contributed by atoms with Crippen molar-refractivity contribution in [3.63, 3.8) is 0 Å². The number of methoxy groups -OCH3 is 1. The van der Waals surface area contributed by atoms with Gasteiger partial charge in [-0.25, -0.2) is 4.98 Å². The topological polar surface area (TPSA) is 118 Å². The fraction of sp³-hybridized carbons (Fsp3) is 0.294. The SMILES string of the molecule is CCOC(=O)CC(=O)Cn1cnc2c(nnn2-c2ccc(OC)cc2)c1=O. The van der Waals surface area contributed by atoms with Crippen LogP contribution in [0, 0.1) is 0 Å². The van der Waals surface area contributed by atoms with Gasteiger partial charge in [-0.1, -0.05) is 5.21 Å². The molecule has 2 aromatic heterocycles. The van der Waals surface area contributed by atoms with Crippen LogP contribution in [0.25, 0.3) is 16.9 Å². The molecule has 10 heteroatoms. The first-order chi connectivity index (χ1) is 13.0. The van der Waals surface area contributed by atoms with Crippen LogP contribution in [-0.4, -0.2) is 50.0 Å². The summed E-state index contributed by atoms with van der Waals surface area (Å²) in [5.41, 5.74) is 0.426. The molecule has 2 heterocycles. The van der Waals surface area contributed by atoms with Crippen LogP contribution in [0.3, 0.4) is 0 Å². The molecular formula is C17H17N5O5. The van der Waals surface area contributed by atoms with Gasteiger partial charge in [-0.3, -0.25) is 19.0 Å². The van der Waals surface area contributed by atoms with Crippen LogP contribution in [0.5, 0.6) is 5.75 Å². The van der Waals surface area contributed by atoms with Crippen molar-refractivity contribution in [2.45, 2.75) is 19.9 Å². The molecular weight excluding hydrogens is 354 g/mol. The van der Waals surface area contributed by atoms with Crippen LogP contribution < -0.4 is 10.3 Å². The van der Waals surface area contributed by atoms with Gasteiger partial charge >= 0.3 is 5.97 Å². The van der Waals surface area contributed by atoms with E-state index in [-0.39, 0.29) is 24.3 Å². The first kappa shape index (κ1) is 18.2. The monoisotopic (exact) mass is 371 g/mol. The number of nitrogens with zero attached hydrogens (tertiary/aromatic N) is 5. The molecule has 0 amide bonds. The lowest BCUT2D eigenvalue weighted by Gasteiger charge is -2.05. The fourth-order valence-corrected chi connectivity index (χ4v) is 2.47. The maximum Gasteiger partial charge on any atom is 0.313 e. The first-order valence-electron chi connectivity index (χ1n) is 8.16. The number of ether oxygens (including phenoxy) is 2. The van der Waals surface area contributed by atoms with Crippen LogP contribution in [0.2, 0.25) is 0 Å². The van der Waals surface area contributed by atoms with Gasteiger partial charge in [0.1, 0.15) is 18.5 Å². The molecule has 3 aromatic rings. The van der Waals surface area contributed by atoms with Crippen LogP contribution in [0.4, 0.5) is 0 Å². The number of rotatable bonds is 7. The van der Waals surface area contributed by atoms with Crippen molar-refractivity contribution in [1.82, 2.24) is 24.5 Å². The number of ketones is 1. The summed E-state index contributed by atoms with van der Waals surface area (Å²) in [6, 6.07) is 7.00. The second-order valence-corrected chi connectivity index (χ2v) is 5.57. The van der Waals surface area contributed by atoms with E-state index in [0.29, 0.717) is 11.4 Å². The predicted molar refractivity (Wildman–Crippen MR) is 93.7 cm³/mol. The van der Waals surface area contributed by atoms with Gasteiger partial charge in [-0.15, -0.1) is 5.10 Å². The number of fused-ring (bicyclic) bond motifs is 1. The van der Waals surface area contributed by atoms with Gasteiger partial charge in [0.15, 0.2) is 16.9 Å². The smallest absolute Gasteiger partial charge is 0.313 e. The molecule has 0 unspecified atom stereocenters. The Balaban J connectivity index is 1.87. The van der Waals surface area contributed by atoms with Crippen LogP contribution in [0.15, 0.2) is 35.4 Å². The minimum absolute atomic E-state index is 0.0252. The number of benzene rings is 1. The Kier molecular flexibility index (Phi) is 5.25.